The topological polar surface area (TPSA) is 0 Å². The van der Waals surface area contributed by atoms with Crippen LogP contribution in [0.4, 0.5) is 0 Å². The third-order valence-corrected chi connectivity index (χ3v) is 6.56. The van der Waals surface area contributed by atoms with Gasteiger partial charge in [0.1, 0.15) is 0 Å². The molecule has 0 aliphatic carbocycles. The minimum atomic E-state index is -1.38. The maximum atomic E-state index is 3.94. The summed E-state index contributed by atoms with van der Waals surface area (Å²) < 4.78 is 0. The highest BCUT2D eigenvalue weighted by Gasteiger charge is 2.23. The fraction of sp³-hybridized carbons (Fsp3) is 0.200. The summed E-state index contributed by atoms with van der Waals surface area (Å²) in [6.45, 7) is 12.8. The molecule has 0 saturated heterocycles. The van der Waals surface area contributed by atoms with Crippen molar-refractivity contribution < 1.29 is 0 Å². The lowest BCUT2D eigenvalue weighted by molar-refractivity contribution is 1.20. The van der Waals surface area contributed by atoms with Crippen LogP contribution in [0.5, 0.6) is 0 Å². The zero-order valence-electron chi connectivity index (χ0n) is 13.1. The van der Waals surface area contributed by atoms with Crippen LogP contribution in [0.25, 0.3) is 12.2 Å². The Morgan fingerprint density at radius 2 is 1.14 bits per heavy atom. The molecule has 0 nitrogen and oxygen atoms in total. The SMILES string of the molecule is C=Cc1ccccc1C[Si](C)(C)Cc1ccccc1C=C. The van der Waals surface area contributed by atoms with Crippen molar-refractivity contribution in [2.24, 2.45) is 0 Å². The zero-order chi connectivity index (χ0) is 15.3. The molecule has 0 saturated carbocycles. The van der Waals surface area contributed by atoms with Crippen molar-refractivity contribution in [1.29, 1.82) is 0 Å². The first-order valence-electron chi connectivity index (χ1n) is 7.46. The largest absolute Gasteiger partial charge is 0.0985 e. The zero-order valence-corrected chi connectivity index (χ0v) is 14.1. The van der Waals surface area contributed by atoms with Gasteiger partial charge in [-0.25, -0.2) is 0 Å². The molecule has 0 aliphatic heterocycles. The third kappa shape index (κ3) is 4.05. The molecule has 1 heteroatoms. The standard InChI is InChI=1S/C20H24Si/c1-5-17-11-7-9-13-19(17)15-21(3,4)16-20-14-10-8-12-18(20)6-2/h5-14H,1-2,15-16H2,3-4H3. The van der Waals surface area contributed by atoms with Crippen molar-refractivity contribution in [3.05, 3.63) is 83.9 Å². The van der Waals surface area contributed by atoms with Crippen LogP contribution in [0.15, 0.2) is 61.7 Å². The van der Waals surface area contributed by atoms with Gasteiger partial charge in [0.2, 0.25) is 0 Å². The van der Waals surface area contributed by atoms with Crippen molar-refractivity contribution in [1.82, 2.24) is 0 Å². The molecule has 0 amide bonds. The molecular weight excluding hydrogens is 268 g/mol. The monoisotopic (exact) mass is 292 g/mol. The summed E-state index contributed by atoms with van der Waals surface area (Å²) in [5, 5.41) is 0. The summed E-state index contributed by atoms with van der Waals surface area (Å²) in [5.74, 6) is 0. The number of benzene rings is 2. The Balaban J connectivity index is 2.22. The Labute approximate surface area is 129 Å². The Hall–Kier alpha value is -1.86. The van der Waals surface area contributed by atoms with Gasteiger partial charge in [-0.1, -0.05) is 86.9 Å². The van der Waals surface area contributed by atoms with Gasteiger partial charge in [0.25, 0.3) is 0 Å². The molecule has 2 aromatic carbocycles. The van der Waals surface area contributed by atoms with Crippen LogP contribution in [-0.2, 0) is 12.1 Å². The Morgan fingerprint density at radius 3 is 1.52 bits per heavy atom. The summed E-state index contributed by atoms with van der Waals surface area (Å²) >= 11 is 0. The Morgan fingerprint density at radius 1 is 0.762 bits per heavy atom. The van der Waals surface area contributed by atoms with Crippen LogP contribution < -0.4 is 0 Å². The summed E-state index contributed by atoms with van der Waals surface area (Å²) in [5.41, 5.74) is 5.41. The van der Waals surface area contributed by atoms with E-state index in [2.05, 4.69) is 74.8 Å². The van der Waals surface area contributed by atoms with Crippen LogP contribution in [0.1, 0.15) is 22.3 Å². The van der Waals surface area contributed by atoms with E-state index in [1.54, 1.807) is 0 Å². The molecule has 0 atom stereocenters. The van der Waals surface area contributed by atoms with Gasteiger partial charge in [0, 0.05) is 0 Å². The van der Waals surface area contributed by atoms with E-state index in [4.69, 9.17) is 0 Å². The highest BCUT2D eigenvalue weighted by Crippen LogP contribution is 2.22. The van der Waals surface area contributed by atoms with E-state index in [9.17, 15) is 0 Å². The van der Waals surface area contributed by atoms with Crippen molar-refractivity contribution in [2.75, 3.05) is 0 Å². The van der Waals surface area contributed by atoms with E-state index in [0.29, 0.717) is 0 Å². The molecule has 0 aromatic heterocycles. The van der Waals surface area contributed by atoms with E-state index in [-0.39, 0.29) is 0 Å². The number of hydrogen-bond acceptors (Lipinski definition) is 0. The molecule has 0 N–H and O–H groups in total. The van der Waals surface area contributed by atoms with Crippen LogP contribution in [0.2, 0.25) is 13.1 Å². The maximum absolute atomic E-state index is 3.94. The molecule has 0 radical (unpaired) electrons. The molecule has 0 spiro atoms. The van der Waals surface area contributed by atoms with Crippen LogP contribution in [0, 0.1) is 0 Å². The maximum Gasteiger partial charge on any atom is 0.0561 e. The summed E-state index contributed by atoms with van der Waals surface area (Å²) in [6, 6.07) is 19.6. The van der Waals surface area contributed by atoms with Gasteiger partial charge in [0.05, 0.1) is 8.07 Å². The lowest BCUT2D eigenvalue weighted by Gasteiger charge is -2.24. The van der Waals surface area contributed by atoms with Crippen molar-refractivity contribution in [2.45, 2.75) is 25.2 Å². The molecule has 21 heavy (non-hydrogen) atoms. The molecule has 108 valence electrons. The minimum absolute atomic E-state index is 1.18. The third-order valence-electron chi connectivity index (χ3n) is 3.89. The van der Waals surface area contributed by atoms with Gasteiger partial charge in [-0.3, -0.25) is 0 Å². The van der Waals surface area contributed by atoms with Gasteiger partial charge in [-0.2, -0.15) is 0 Å². The van der Waals surface area contributed by atoms with Gasteiger partial charge in [0.15, 0.2) is 0 Å². The first-order chi connectivity index (χ1) is 10.1. The second-order valence-corrected chi connectivity index (χ2v) is 11.4. The van der Waals surface area contributed by atoms with Crippen LogP contribution >= 0.6 is 0 Å². The quantitative estimate of drug-likeness (QED) is 0.613. The second kappa shape index (κ2) is 6.73. The molecule has 0 aliphatic rings. The lowest BCUT2D eigenvalue weighted by Crippen LogP contribution is -2.33. The van der Waals surface area contributed by atoms with E-state index in [0.717, 1.165) is 0 Å². The number of hydrogen-bond donors (Lipinski definition) is 0. The van der Waals surface area contributed by atoms with E-state index >= 15 is 0 Å². The van der Waals surface area contributed by atoms with E-state index in [1.807, 2.05) is 12.2 Å². The summed E-state index contributed by atoms with van der Waals surface area (Å²) in [4.78, 5) is 0. The molecular formula is C20H24Si. The average Bonchev–Trinajstić information content (AvgIpc) is 2.47. The highest BCUT2D eigenvalue weighted by molar-refractivity contribution is 6.76. The first-order valence-corrected chi connectivity index (χ1v) is 10.9. The fourth-order valence-electron chi connectivity index (χ4n) is 2.88. The van der Waals surface area contributed by atoms with Crippen molar-refractivity contribution in [3.8, 4) is 0 Å². The average molecular weight is 292 g/mol. The van der Waals surface area contributed by atoms with Crippen LogP contribution in [-0.4, -0.2) is 8.07 Å². The molecule has 2 rings (SSSR count). The fourth-order valence-corrected chi connectivity index (χ4v) is 5.71. The van der Waals surface area contributed by atoms with E-state index < -0.39 is 8.07 Å². The van der Waals surface area contributed by atoms with Crippen molar-refractivity contribution >= 4 is 20.2 Å². The molecule has 0 fully saturated rings. The summed E-state index contributed by atoms with van der Waals surface area (Å²) in [6.07, 6.45) is 3.94. The van der Waals surface area contributed by atoms with Crippen LogP contribution in [0.3, 0.4) is 0 Å². The Kier molecular flexibility index (Phi) is 4.97. The highest BCUT2D eigenvalue weighted by atomic mass is 28.3. The van der Waals surface area contributed by atoms with Gasteiger partial charge in [-0.05, 0) is 34.3 Å². The minimum Gasteiger partial charge on any atom is -0.0985 e. The molecule has 2 aromatic rings. The Bertz CT molecular complexity index is 582. The number of rotatable bonds is 6. The van der Waals surface area contributed by atoms with E-state index in [1.165, 1.54) is 34.3 Å². The van der Waals surface area contributed by atoms with Gasteiger partial charge < -0.3 is 0 Å². The predicted octanol–water partition coefficient (Wildman–Crippen LogP) is 5.54. The van der Waals surface area contributed by atoms with Crippen molar-refractivity contribution in [3.63, 3.8) is 0 Å². The first kappa shape index (κ1) is 15.5. The normalized spacial score (nSPS) is 11.1. The summed E-state index contributed by atoms with van der Waals surface area (Å²) in [7, 11) is -1.38. The molecule has 0 bridgehead atoms. The van der Waals surface area contributed by atoms with Gasteiger partial charge >= 0.3 is 0 Å². The lowest BCUT2D eigenvalue weighted by atomic mass is 10.1. The molecule has 0 heterocycles. The predicted molar refractivity (Wildman–Crippen MR) is 98.0 cm³/mol. The van der Waals surface area contributed by atoms with Gasteiger partial charge in [-0.15, -0.1) is 0 Å². The smallest absolute Gasteiger partial charge is 0.0561 e. The second-order valence-electron chi connectivity index (χ2n) is 6.32. The molecule has 0 unspecified atom stereocenters.